The molecule has 2 aromatic carbocycles. The van der Waals surface area contributed by atoms with Crippen LogP contribution in [0.1, 0.15) is 22.1 Å². The van der Waals surface area contributed by atoms with Gasteiger partial charge >= 0.3 is 0 Å². The Balaban J connectivity index is 1.23. The van der Waals surface area contributed by atoms with Gasteiger partial charge in [-0.15, -0.1) is 11.3 Å². The molecule has 1 unspecified atom stereocenters. The number of fused-ring (bicyclic) bond motifs is 2. The number of benzene rings is 2. The lowest BCUT2D eigenvalue weighted by atomic mass is 10.00. The molecule has 0 fully saturated rings. The number of nitrogens with one attached hydrogen (secondary N) is 2. The number of hydrogen-bond donors (Lipinski definition) is 3. The molecule has 0 saturated heterocycles. The molecule has 0 amide bonds. The van der Waals surface area contributed by atoms with Crippen LogP contribution in [0.15, 0.2) is 59.6 Å². The molecular weight excluding hydrogens is 380 g/mol. The fraction of sp³-hybridized carbons (Fsp3) is 0.348. The Kier molecular flexibility index (Phi) is 6.44. The van der Waals surface area contributed by atoms with E-state index >= 15 is 0 Å². The minimum Gasteiger partial charge on any atom is -0.386 e. The average Bonchev–Trinajstić information content (AvgIpc) is 3.20. The van der Waals surface area contributed by atoms with E-state index in [0.29, 0.717) is 6.54 Å². The van der Waals surface area contributed by atoms with Gasteiger partial charge in [0, 0.05) is 49.3 Å². The van der Waals surface area contributed by atoms with E-state index in [9.17, 15) is 5.11 Å². The lowest BCUT2D eigenvalue weighted by Crippen LogP contribution is -2.43. The van der Waals surface area contributed by atoms with Gasteiger partial charge in [0.25, 0.3) is 0 Å². The van der Waals surface area contributed by atoms with Crippen molar-refractivity contribution in [3.05, 3.63) is 70.6 Å². The third-order valence-electron chi connectivity index (χ3n) is 5.39. The van der Waals surface area contributed by atoms with E-state index < -0.39 is 6.10 Å². The van der Waals surface area contributed by atoms with E-state index in [2.05, 4.69) is 63.0 Å². The Labute approximate surface area is 176 Å². The van der Waals surface area contributed by atoms with E-state index in [-0.39, 0.29) is 0 Å². The molecule has 1 aliphatic heterocycles. The summed E-state index contributed by atoms with van der Waals surface area (Å²) in [6.45, 7) is 4.32. The van der Waals surface area contributed by atoms with Crippen molar-refractivity contribution in [3.63, 3.8) is 0 Å². The zero-order valence-corrected chi connectivity index (χ0v) is 17.6. The molecule has 0 saturated carbocycles. The van der Waals surface area contributed by atoms with Crippen LogP contribution in [-0.2, 0) is 13.0 Å². The van der Waals surface area contributed by atoms with E-state index in [1.54, 1.807) is 18.4 Å². The Morgan fingerprint density at radius 1 is 1.14 bits per heavy atom. The summed E-state index contributed by atoms with van der Waals surface area (Å²) in [6, 6.07) is 19.0. The van der Waals surface area contributed by atoms with Gasteiger partial charge in [0.05, 0.1) is 0 Å². The van der Waals surface area contributed by atoms with Crippen LogP contribution in [0.25, 0.3) is 10.1 Å². The van der Waals surface area contributed by atoms with Crippen molar-refractivity contribution in [3.8, 4) is 0 Å². The number of nitrogens with zero attached hydrogens (tertiary/aromatic N) is 2. The summed E-state index contributed by atoms with van der Waals surface area (Å²) in [6.07, 6.45) is 0.564. The first-order chi connectivity index (χ1) is 14.2. The zero-order chi connectivity index (χ0) is 20.1. The van der Waals surface area contributed by atoms with Crippen molar-refractivity contribution in [1.82, 2.24) is 15.5 Å². The summed E-state index contributed by atoms with van der Waals surface area (Å²) in [7, 11) is 1.76. The van der Waals surface area contributed by atoms with Crippen LogP contribution in [0.5, 0.6) is 0 Å². The standard InChI is InChI=1S/C23H28N4OS/c1-24-23(25-11-13-27-12-10-17-6-2-3-8-19(17)16-27)26-15-20(28)22-14-18-7-4-5-9-21(18)29-22/h2-9,14,20,28H,10-13,15-16H2,1H3,(H2,24,25,26). The van der Waals surface area contributed by atoms with Gasteiger partial charge in [-0.1, -0.05) is 42.5 Å². The molecule has 0 radical (unpaired) electrons. The van der Waals surface area contributed by atoms with E-state index in [0.717, 1.165) is 43.4 Å². The van der Waals surface area contributed by atoms with Crippen LogP contribution in [0.4, 0.5) is 0 Å². The summed E-state index contributed by atoms with van der Waals surface area (Å²) in [5.74, 6) is 0.725. The largest absolute Gasteiger partial charge is 0.386 e. The maximum absolute atomic E-state index is 10.5. The Morgan fingerprint density at radius 3 is 2.76 bits per heavy atom. The smallest absolute Gasteiger partial charge is 0.191 e. The third kappa shape index (κ3) is 4.96. The Morgan fingerprint density at radius 2 is 1.93 bits per heavy atom. The minimum absolute atomic E-state index is 0.434. The molecule has 29 heavy (non-hydrogen) atoms. The predicted octanol–water partition coefficient (Wildman–Crippen LogP) is 3.16. The fourth-order valence-corrected chi connectivity index (χ4v) is 4.81. The molecule has 1 atom stereocenters. The maximum Gasteiger partial charge on any atom is 0.191 e. The molecule has 3 aromatic rings. The van der Waals surface area contributed by atoms with E-state index in [4.69, 9.17) is 0 Å². The quantitative estimate of drug-likeness (QED) is 0.433. The van der Waals surface area contributed by atoms with Crippen molar-refractivity contribution in [2.45, 2.75) is 19.1 Å². The summed E-state index contributed by atoms with van der Waals surface area (Å²) in [4.78, 5) is 7.72. The maximum atomic E-state index is 10.5. The van der Waals surface area contributed by atoms with Crippen LogP contribution in [0, 0.1) is 0 Å². The third-order valence-corrected chi connectivity index (χ3v) is 6.61. The van der Waals surface area contributed by atoms with Crippen molar-refractivity contribution in [1.29, 1.82) is 0 Å². The Bertz CT molecular complexity index is 951. The fourth-order valence-electron chi connectivity index (χ4n) is 3.76. The second-order valence-corrected chi connectivity index (χ2v) is 8.49. The lowest BCUT2D eigenvalue weighted by molar-refractivity contribution is 0.184. The average molecular weight is 409 g/mol. The van der Waals surface area contributed by atoms with Gasteiger partial charge in [-0.2, -0.15) is 0 Å². The van der Waals surface area contributed by atoms with Gasteiger partial charge in [0.2, 0.25) is 0 Å². The van der Waals surface area contributed by atoms with Crippen molar-refractivity contribution >= 4 is 27.4 Å². The summed E-state index contributed by atoms with van der Waals surface area (Å²) >= 11 is 1.64. The molecule has 152 valence electrons. The second kappa shape index (κ2) is 9.39. The van der Waals surface area contributed by atoms with Gasteiger partial charge in [0.1, 0.15) is 6.10 Å². The highest BCUT2D eigenvalue weighted by molar-refractivity contribution is 7.19. The molecule has 3 N–H and O–H groups in total. The normalized spacial score (nSPS) is 15.9. The highest BCUT2D eigenvalue weighted by Crippen LogP contribution is 2.29. The number of aliphatic hydroxyl groups is 1. The minimum atomic E-state index is -0.551. The van der Waals surface area contributed by atoms with Gasteiger partial charge < -0.3 is 15.7 Å². The van der Waals surface area contributed by atoms with Crippen LogP contribution in [0.3, 0.4) is 0 Å². The SMILES string of the molecule is CN=C(NCCN1CCc2ccccc2C1)NCC(O)c1cc2ccccc2s1. The molecule has 1 aromatic heterocycles. The molecule has 4 rings (SSSR count). The van der Waals surface area contributed by atoms with E-state index in [1.807, 2.05) is 12.1 Å². The van der Waals surface area contributed by atoms with Gasteiger partial charge in [-0.25, -0.2) is 0 Å². The van der Waals surface area contributed by atoms with Crippen LogP contribution < -0.4 is 10.6 Å². The van der Waals surface area contributed by atoms with Crippen molar-refractivity contribution in [2.24, 2.45) is 4.99 Å². The molecule has 2 heterocycles. The van der Waals surface area contributed by atoms with Crippen molar-refractivity contribution < 1.29 is 5.11 Å². The van der Waals surface area contributed by atoms with Crippen molar-refractivity contribution in [2.75, 3.05) is 33.2 Å². The predicted molar refractivity (Wildman–Crippen MR) is 122 cm³/mol. The molecule has 0 aliphatic carbocycles. The molecule has 5 nitrogen and oxygen atoms in total. The van der Waals surface area contributed by atoms with Gasteiger partial charge in [-0.3, -0.25) is 9.89 Å². The summed E-state index contributed by atoms with van der Waals surface area (Å²) in [5, 5.41) is 18.3. The second-order valence-electron chi connectivity index (χ2n) is 7.38. The molecular formula is C23H28N4OS. The monoisotopic (exact) mass is 408 g/mol. The lowest BCUT2D eigenvalue weighted by Gasteiger charge is -2.28. The van der Waals surface area contributed by atoms with E-state index in [1.165, 1.54) is 21.2 Å². The summed E-state index contributed by atoms with van der Waals surface area (Å²) in [5.41, 5.74) is 2.91. The first-order valence-electron chi connectivity index (χ1n) is 10.1. The van der Waals surface area contributed by atoms with Gasteiger partial charge in [0.15, 0.2) is 5.96 Å². The molecule has 0 bridgehead atoms. The number of aliphatic hydroxyl groups excluding tert-OH is 1. The number of guanidine groups is 1. The Hall–Kier alpha value is -2.41. The molecule has 0 spiro atoms. The highest BCUT2D eigenvalue weighted by Gasteiger charge is 2.15. The zero-order valence-electron chi connectivity index (χ0n) is 16.8. The van der Waals surface area contributed by atoms with Crippen LogP contribution in [0.2, 0.25) is 0 Å². The number of rotatable bonds is 6. The highest BCUT2D eigenvalue weighted by atomic mass is 32.1. The van der Waals surface area contributed by atoms with Crippen LogP contribution in [-0.4, -0.2) is 49.2 Å². The number of hydrogen-bond acceptors (Lipinski definition) is 4. The number of thiophene rings is 1. The molecule has 6 heteroatoms. The first-order valence-corrected chi connectivity index (χ1v) is 10.9. The van der Waals surface area contributed by atoms with Crippen LogP contribution >= 0.6 is 11.3 Å². The topological polar surface area (TPSA) is 59.9 Å². The summed E-state index contributed by atoms with van der Waals surface area (Å²) < 4.78 is 1.20. The first kappa shape index (κ1) is 19.9. The number of aliphatic imine (C=N–C) groups is 1. The molecule has 1 aliphatic rings. The van der Waals surface area contributed by atoms with Gasteiger partial charge in [-0.05, 0) is 35.1 Å².